The molecule has 114 valence electrons. The Morgan fingerprint density at radius 2 is 2.10 bits per heavy atom. The van der Waals surface area contributed by atoms with Crippen molar-refractivity contribution in [2.75, 3.05) is 31.2 Å². The topological polar surface area (TPSA) is 72.6 Å². The second-order valence-corrected chi connectivity index (χ2v) is 6.68. The maximum atomic E-state index is 12.9. The fraction of sp³-hybridized carbons (Fsp3) is 0.857. The summed E-state index contributed by atoms with van der Waals surface area (Å²) in [6, 6.07) is -0.440. The van der Waals surface area contributed by atoms with Crippen LogP contribution in [0.5, 0.6) is 0 Å². The van der Waals surface area contributed by atoms with Gasteiger partial charge < -0.3 is 15.4 Å². The van der Waals surface area contributed by atoms with Gasteiger partial charge in [0, 0.05) is 24.6 Å². The van der Waals surface area contributed by atoms with Gasteiger partial charge >= 0.3 is 5.97 Å². The summed E-state index contributed by atoms with van der Waals surface area (Å²) in [6.07, 6.45) is 3.80. The van der Waals surface area contributed by atoms with E-state index < -0.39 is 11.5 Å². The molecule has 6 heteroatoms. The summed E-state index contributed by atoms with van der Waals surface area (Å²) in [4.78, 5) is 26.7. The molecule has 2 fully saturated rings. The number of rotatable bonds is 4. The summed E-state index contributed by atoms with van der Waals surface area (Å²) in [5, 5.41) is 0. The van der Waals surface area contributed by atoms with Gasteiger partial charge in [-0.15, -0.1) is 0 Å². The smallest absolute Gasteiger partial charge is 0.329 e. The monoisotopic (exact) mass is 300 g/mol. The number of amides is 1. The van der Waals surface area contributed by atoms with Crippen molar-refractivity contribution >= 4 is 23.6 Å². The molecule has 0 spiro atoms. The lowest BCUT2D eigenvalue weighted by Crippen LogP contribution is -2.56. The highest BCUT2D eigenvalue weighted by atomic mass is 32.2. The Balaban J connectivity index is 2.14. The molecule has 1 saturated heterocycles. The molecular weight excluding hydrogens is 276 g/mol. The molecule has 1 aliphatic carbocycles. The molecule has 5 nitrogen and oxygen atoms in total. The van der Waals surface area contributed by atoms with E-state index in [1.54, 1.807) is 23.6 Å². The molecular formula is C14H24N2O3S. The highest BCUT2D eigenvalue weighted by molar-refractivity contribution is 7.99. The fourth-order valence-corrected chi connectivity index (χ4v) is 4.17. The van der Waals surface area contributed by atoms with Gasteiger partial charge in [-0.25, -0.2) is 4.79 Å². The van der Waals surface area contributed by atoms with Crippen molar-refractivity contribution in [3.8, 4) is 0 Å². The van der Waals surface area contributed by atoms with E-state index in [4.69, 9.17) is 10.5 Å². The first-order valence-corrected chi connectivity index (χ1v) is 8.55. The van der Waals surface area contributed by atoms with E-state index in [0.717, 1.165) is 31.4 Å². The number of ether oxygens (including phenoxy) is 1. The number of nitrogens with zero attached hydrogens (tertiary/aromatic N) is 1. The number of carbonyl (C=O) groups is 2. The van der Waals surface area contributed by atoms with E-state index in [1.165, 1.54) is 0 Å². The predicted octanol–water partition coefficient (Wildman–Crippen LogP) is 1.01. The molecule has 1 atom stereocenters. The van der Waals surface area contributed by atoms with Gasteiger partial charge in [0.15, 0.2) is 0 Å². The van der Waals surface area contributed by atoms with E-state index in [-0.39, 0.29) is 11.9 Å². The van der Waals surface area contributed by atoms with Crippen LogP contribution in [0.3, 0.4) is 0 Å². The number of nitrogens with two attached hydrogens (primary N) is 1. The molecule has 2 aliphatic rings. The van der Waals surface area contributed by atoms with Crippen LogP contribution in [-0.4, -0.2) is 54.0 Å². The lowest BCUT2D eigenvalue weighted by atomic mass is 9.84. The molecule has 1 amide bonds. The van der Waals surface area contributed by atoms with Gasteiger partial charge in [-0.3, -0.25) is 4.79 Å². The average Bonchev–Trinajstić information content (AvgIpc) is 2.97. The van der Waals surface area contributed by atoms with Crippen molar-refractivity contribution in [2.24, 2.45) is 11.1 Å². The van der Waals surface area contributed by atoms with E-state index in [1.807, 2.05) is 0 Å². The van der Waals surface area contributed by atoms with Crippen LogP contribution in [0.2, 0.25) is 0 Å². The third kappa shape index (κ3) is 2.96. The minimum Gasteiger partial charge on any atom is -0.464 e. The quantitative estimate of drug-likeness (QED) is 0.785. The van der Waals surface area contributed by atoms with E-state index in [0.29, 0.717) is 25.4 Å². The molecule has 0 aromatic rings. The van der Waals surface area contributed by atoms with Crippen molar-refractivity contribution < 1.29 is 14.3 Å². The Labute approximate surface area is 124 Å². The van der Waals surface area contributed by atoms with Gasteiger partial charge in [-0.1, -0.05) is 12.8 Å². The Morgan fingerprint density at radius 3 is 2.70 bits per heavy atom. The molecule has 1 aliphatic heterocycles. The molecule has 0 radical (unpaired) electrons. The van der Waals surface area contributed by atoms with Crippen molar-refractivity contribution in [2.45, 2.75) is 38.6 Å². The number of esters is 1. The maximum absolute atomic E-state index is 12.9. The highest BCUT2D eigenvalue weighted by Crippen LogP contribution is 2.40. The molecule has 0 aromatic carbocycles. The maximum Gasteiger partial charge on any atom is 0.329 e. The summed E-state index contributed by atoms with van der Waals surface area (Å²) in [5.74, 6) is 1.29. The second-order valence-electron chi connectivity index (χ2n) is 5.53. The zero-order chi connectivity index (χ0) is 14.6. The van der Waals surface area contributed by atoms with Crippen LogP contribution in [0.15, 0.2) is 0 Å². The zero-order valence-corrected chi connectivity index (χ0v) is 12.9. The van der Waals surface area contributed by atoms with Crippen LogP contribution < -0.4 is 5.73 Å². The Hall–Kier alpha value is -0.750. The lowest BCUT2D eigenvalue weighted by Gasteiger charge is -2.39. The highest BCUT2D eigenvalue weighted by Gasteiger charge is 2.46. The van der Waals surface area contributed by atoms with Crippen molar-refractivity contribution in [1.29, 1.82) is 0 Å². The van der Waals surface area contributed by atoms with Gasteiger partial charge in [-0.2, -0.15) is 11.8 Å². The molecule has 1 heterocycles. The van der Waals surface area contributed by atoms with Crippen LogP contribution >= 0.6 is 11.8 Å². The van der Waals surface area contributed by atoms with Gasteiger partial charge in [0.05, 0.1) is 12.0 Å². The largest absolute Gasteiger partial charge is 0.464 e. The van der Waals surface area contributed by atoms with E-state index in [2.05, 4.69) is 0 Å². The van der Waals surface area contributed by atoms with E-state index in [9.17, 15) is 9.59 Å². The summed E-state index contributed by atoms with van der Waals surface area (Å²) in [7, 11) is 0. The number of hydrogen-bond donors (Lipinski definition) is 1. The molecule has 2 rings (SSSR count). The average molecular weight is 300 g/mol. The summed E-state index contributed by atoms with van der Waals surface area (Å²) in [6.45, 7) is 3.14. The van der Waals surface area contributed by atoms with Crippen LogP contribution in [0.1, 0.15) is 32.6 Å². The molecule has 1 saturated carbocycles. The van der Waals surface area contributed by atoms with Gasteiger partial charge in [0.25, 0.3) is 0 Å². The molecule has 0 bridgehead atoms. The third-order valence-corrected chi connectivity index (χ3v) is 5.38. The van der Waals surface area contributed by atoms with Crippen molar-refractivity contribution in [1.82, 2.24) is 4.90 Å². The SMILES string of the molecule is CCOC(=O)C1CSCCN1C(=O)C1(CN)CCCC1. The Kier molecular flexibility index (Phi) is 5.32. The molecule has 20 heavy (non-hydrogen) atoms. The molecule has 2 N–H and O–H groups in total. The van der Waals surface area contributed by atoms with Gasteiger partial charge in [0.2, 0.25) is 5.91 Å². The van der Waals surface area contributed by atoms with Crippen LogP contribution in [0.25, 0.3) is 0 Å². The summed E-state index contributed by atoms with van der Waals surface area (Å²) in [5.41, 5.74) is 5.45. The zero-order valence-electron chi connectivity index (χ0n) is 12.1. The first-order valence-electron chi connectivity index (χ1n) is 7.40. The van der Waals surface area contributed by atoms with Crippen molar-refractivity contribution in [3.05, 3.63) is 0 Å². The second kappa shape index (κ2) is 6.80. The molecule has 1 unspecified atom stereocenters. The predicted molar refractivity (Wildman–Crippen MR) is 79.4 cm³/mol. The van der Waals surface area contributed by atoms with Crippen LogP contribution in [-0.2, 0) is 14.3 Å². The Bertz CT molecular complexity index is 369. The first-order chi connectivity index (χ1) is 9.64. The minimum atomic E-state index is -0.440. The summed E-state index contributed by atoms with van der Waals surface area (Å²) < 4.78 is 5.11. The third-order valence-electron chi connectivity index (χ3n) is 4.35. The standard InChI is InChI=1S/C14H24N2O3S/c1-2-19-12(17)11-9-20-8-7-16(11)13(18)14(10-15)5-3-4-6-14/h11H,2-10,15H2,1H3. The molecule has 0 aromatic heterocycles. The van der Waals surface area contributed by atoms with Crippen LogP contribution in [0.4, 0.5) is 0 Å². The van der Waals surface area contributed by atoms with E-state index >= 15 is 0 Å². The minimum absolute atomic E-state index is 0.0656. The lowest BCUT2D eigenvalue weighted by molar-refractivity contribution is -0.157. The number of thioether (sulfide) groups is 1. The summed E-state index contributed by atoms with van der Waals surface area (Å²) >= 11 is 1.70. The Morgan fingerprint density at radius 1 is 1.40 bits per heavy atom. The number of carbonyl (C=O) groups excluding carboxylic acids is 2. The van der Waals surface area contributed by atoms with Crippen LogP contribution in [0, 0.1) is 5.41 Å². The number of hydrogen-bond acceptors (Lipinski definition) is 5. The van der Waals surface area contributed by atoms with Gasteiger partial charge in [-0.05, 0) is 19.8 Å². The van der Waals surface area contributed by atoms with Crippen molar-refractivity contribution in [3.63, 3.8) is 0 Å². The van der Waals surface area contributed by atoms with Gasteiger partial charge in [0.1, 0.15) is 6.04 Å². The fourth-order valence-electron chi connectivity index (χ4n) is 3.14. The first kappa shape index (κ1) is 15.6. The normalized spacial score (nSPS) is 25.5.